The molecule has 1 amide bonds. The molecule has 0 aromatic carbocycles. The van der Waals surface area contributed by atoms with Gasteiger partial charge in [0.05, 0.1) is 6.92 Å². The third-order valence-corrected chi connectivity index (χ3v) is 0.840. The smallest absolute Gasteiger partial charge is 0.224 e. The quantitative estimate of drug-likeness (QED) is 0.289. The van der Waals surface area contributed by atoms with E-state index in [2.05, 4.69) is 6.92 Å². The van der Waals surface area contributed by atoms with Crippen molar-refractivity contribution in [2.24, 2.45) is 0 Å². The Hall–Kier alpha value is -0.450. The Labute approximate surface area is 47.5 Å². The summed E-state index contributed by atoms with van der Waals surface area (Å²) in [5, 5.41) is 17.0. The Kier molecular flexibility index (Phi) is 2.09. The highest BCUT2D eigenvalue weighted by Crippen LogP contribution is 1.92. The van der Waals surface area contributed by atoms with Gasteiger partial charge in [0.1, 0.15) is 6.54 Å². The molecule has 0 saturated heterocycles. The van der Waals surface area contributed by atoms with E-state index in [0.717, 1.165) is 0 Å². The number of amides is 1. The van der Waals surface area contributed by atoms with E-state index in [4.69, 9.17) is 10.4 Å². The summed E-state index contributed by atoms with van der Waals surface area (Å²) in [6.07, 6.45) is 0. The molecule has 0 fully saturated rings. The molecule has 4 nitrogen and oxygen atoms in total. The fraction of sp³-hybridized carbons (Fsp3) is 0.500. The van der Waals surface area contributed by atoms with Crippen molar-refractivity contribution in [3.63, 3.8) is 0 Å². The molecule has 8 heavy (non-hydrogen) atoms. The SMILES string of the molecule is [CH2]C(=O)[N+](O)(O)CC. The minimum Gasteiger partial charge on any atom is -0.224 e. The van der Waals surface area contributed by atoms with Crippen LogP contribution in [0.1, 0.15) is 6.92 Å². The Morgan fingerprint density at radius 3 is 2.12 bits per heavy atom. The van der Waals surface area contributed by atoms with E-state index in [0.29, 0.717) is 0 Å². The molecular weight excluding hydrogens is 110 g/mol. The summed E-state index contributed by atoms with van der Waals surface area (Å²) in [7, 11) is 0. The van der Waals surface area contributed by atoms with Crippen LogP contribution in [0.4, 0.5) is 0 Å². The van der Waals surface area contributed by atoms with Crippen LogP contribution in [-0.2, 0) is 4.79 Å². The minimum absolute atomic E-state index is 0.0810. The third kappa shape index (κ3) is 1.57. The van der Waals surface area contributed by atoms with Gasteiger partial charge in [-0.25, -0.2) is 4.79 Å². The van der Waals surface area contributed by atoms with Crippen LogP contribution in [0.5, 0.6) is 0 Å². The van der Waals surface area contributed by atoms with Crippen molar-refractivity contribution in [2.45, 2.75) is 6.92 Å². The summed E-state index contributed by atoms with van der Waals surface area (Å²) in [5.74, 6) is -0.924. The van der Waals surface area contributed by atoms with Crippen molar-refractivity contribution < 1.29 is 20.0 Å². The Balaban J connectivity index is 3.91. The molecule has 0 aromatic heterocycles. The molecule has 2 N–H and O–H groups in total. The monoisotopic (exact) mass is 119 g/mol. The molecule has 0 bridgehead atoms. The molecule has 0 spiro atoms. The molecule has 0 aromatic rings. The van der Waals surface area contributed by atoms with Crippen molar-refractivity contribution in [1.82, 2.24) is 0 Å². The number of hydrogen-bond donors (Lipinski definition) is 2. The zero-order valence-electron chi connectivity index (χ0n) is 4.66. The van der Waals surface area contributed by atoms with Crippen molar-refractivity contribution >= 4 is 5.91 Å². The lowest BCUT2D eigenvalue weighted by atomic mass is 10.6. The number of hydroxylamine groups is 4. The summed E-state index contributed by atoms with van der Waals surface area (Å²) in [6, 6.07) is 0. The van der Waals surface area contributed by atoms with E-state index in [1.165, 1.54) is 6.92 Å². The molecule has 0 unspecified atom stereocenters. The van der Waals surface area contributed by atoms with Crippen LogP contribution in [0, 0.1) is 6.92 Å². The average molecular weight is 119 g/mol. The minimum atomic E-state index is -1.62. The maximum atomic E-state index is 10.1. The first-order valence-electron chi connectivity index (χ1n) is 2.20. The molecule has 1 radical (unpaired) electrons. The van der Waals surface area contributed by atoms with Gasteiger partial charge in [0.2, 0.25) is 0 Å². The molecule has 47 valence electrons. The van der Waals surface area contributed by atoms with Crippen LogP contribution in [0.25, 0.3) is 0 Å². The molecule has 4 heteroatoms. The van der Waals surface area contributed by atoms with Gasteiger partial charge < -0.3 is 0 Å². The fourth-order valence-electron chi connectivity index (χ4n) is 0.176. The lowest BCUT2D eigenvalue weighted by Gasteiger charge is -2.12. The highest BCUT2D eigenvalue weighted by Gasteiger charge is 2.26. The maximum Gasteiger partial charge on any atom is 0.379 e. The lowest BCUT2D eigenvalue weighted by molar-refractivity contribution is -1.19. The summed E-state index contributed by atoms with van der Waals surface area (Å²) >= 11 is 0. The molecule has 0 aliphatic heterocycles. The Morgan fingerprint density at radius 2 is 2.12 bits per heavy atom. The van der Waals surface area contributed by atoms with Gasteiger partial charge in [0.15, 0.2) is 0 Å². The number of rotatable bonds is 1. The first kappa shape index (κ1) is 7.55. The number of carbonyl (C=O) groups is 1. The predicted octanol–water partition coefficient (Wildman–Crippen LogP) is -0.0378. The topological polar surface area (TPSA) is 57.5 Å². The largest absolute Gasteiger partial charge is 0.379 e. The van der Waals surface area contributed by atoms with Crippen LogP contribution in [0.15, 0.2) is 0 Å². The van der Waals surface area contributed by atoms with Crippen molar-refractivity contribution in [3.05, 3.63) is 6.92 Å². The predicted molar refractivity (Wildman–Crippen MR) is 24.7 cm³/mol. The van der Waals surface area contributed by atoms with Gasteiger partial charge >= 0.3 is 5.91 Å². The second-order valence-electron chi connectivity index (χ2n) is 1.44. The Bertz CT molecular complexity index is 99.5. The normalized spacial score (nSPS) is 11.5. The first-order valence-corrected chi connectivity index (χ1v) is 2.20. The molecule has 0 saturated carbocycles. The van der Waals surface area contributed by atoms with Crippen LogP contribution in [-0.4, -0.2) is 27.7 Å². The number of carbonyl (C=O) groups excluding carboxylic acids is 1. The van der Waals surface area contributed by atoms with Crippen molar-refractivity contribution in [2.75, 3.05) is 6.54 Å². The molecule has 0 atom stereocenters. The summed E-state index contributed by atoms with van der Waals surface area (Å²) in [4.78, 5) is 8.43. The van der Waals surface area contributed by atoms with Crippen molar-refractivity contribution in [1.29, 1.82) is 0 Å². The maximum absolute atomic E-state index is 10.1. The van der Waals surface area contributed by atoms with E-state index in [1.807, 2.05) is 0 Å². The first-order chi connectivity index (χ1) is 3.50. The van der Waals surface area contributed by atoms with Gasteiger partial charge in [-0.1, -0.05) is 0 Å². The van der Waals surface area contributed by atoms with Gasteiger partial charge in [0.25, 0.3) is 0 Å². The number of quaternary nitrogens is 1. The van der Waals surface area contributed by atoms with Crippen molar-refractivity contribution in [3.8, 4) is 0 Å². The summed E-state index contributed by atoms with van der Waals surface area (Å²) < 4.78 is 0. The second-order valence-corrected chi connectivity index (χ2v) is 1.44. The van der Waals surface area contributed by atoms with E-state index in [9.17, 15) is 4.79 Å². The van der Waals surface area contributed by atoms with Gasteiger partial charge in [-0.15, -0.1) is 0 Å². The van der Waals surface area contributed by atoms with Gasteiger partial charge in [-0.3, -0.25) is 0 Å². The number of nitrogens with zero attached hydrogens (tertiary/aromatic N) is 1. The highest BCUT2D eigenvalue weighted by molar-refractivity contribution is 5.71. The standard InChI is InChI=1S/C4H9NO3/c1-3-5(7,8)4(2)6/h7-8H,2-3H2,1H3/q+1. The van der Waals surface area contributed by atoms with E-state index in [1.54, 1.807) is 0 Å². The van der Waals surface area contributed by atoms with Gasteiger partial charge in [0, 0.05) is 4.81 Å². The summed E-state index contributed by atoms with van der Waals surface area (Å²) in [5.41, 5.74) is 0. The molecule has 0 heterocycles. The summed E-state index contributed by atoms with van der Waals surface area (Å²) in [6.45, 7) is 4.19. The zero-order chi connectivity index (χ0) is 6.78. The molecule has 0 aliphatic rings. The van der Waals surface area contributed by atoms with Crippen LogP contribution in [0.3, 0.4) is 0 Å². The zero-order valence-corrected chi connectivity index (χ0v) is 4.66. The molecule has 0 rings (SSSR count). The molecule has 0 aliphatic carbocycles. The third-order valence-electron chi connectivity index (χ3n) is 0.840. The molecular formula is C4H9NO3+. The average Bonchev–Trinajstić information content (AvgIpc) is 1.67. The fourth-order valence-corrected chi connectivity index (χ4v) is 0.176. The van der Waals surface area contributed by atoms with Gasteiger partial charge in [-0.05, 0) is 6.92 Å². The van der Waals surface area contributed by atoms with E-state index < -0.39 is 10.7 Å². The van der Waals surface area contributed by atoms with E-state index in [-0.39, 0.29) is 6.54 Å². The highest BCUT2D eigenvalue weighted by atomic mass is 16.8. The van der Waals surface area contributed by atoms with Crippen LogP contribution < -0.4 is 0 Å². The van der Waals surface area contributed by atoms with Crippen LogP contribution >= 0.6 is 0 Å². The van der Waals surface area contributed by atoms with E-state index >= 15 is 0 Å². The lowest BCUT2D eigenvalue weighted by Crippen LogP contribution is -2.45. The van der Waals surface area contributed by atoms with Crippen LogP contribution in [0.2, 0.25) is 0 Å². The second kappa shape index (κ2) is 2.21. The Morgan fingerprint density at radius 1 is 1.75 bits per heavy atom. The van der Waals surface area contributed by atoms with Gasteiger partial charge in [-0.2, -0.15) is 10.4 Å². The number of hydrogen-bond acceptors (Lipinski definition) is 3.